The van der Waals surface area contributed by atoms with Crippen molar-refractivity contribution in [2.45, 2.75) is 0 Å². The van der Waals surface area contributed by atoms with Gasteiger partial charge in [-0.15, -0.1) is 0 Å². The third-order valence-corrected chi connectivity index (χ3v) is 6.26. The number of nitrogens with zero attached hydrogens (tertiary/aromatic N) is 1. The summed E-state index contributed by atoms with van der Waals surface area (Å²) in [7, 11) is 1.53. The molecular formula is C25H16BrClN2O3. The van der Waals surface area contributed by atoms with Crippen LogP contribution in [0.3, 0.4) is 0 Å². The normalized spacial score (nSPS) is 11.1. The summed E-state index contributed by atoms with van der Waals surface area (Å²) in [5.41, 5.74) is 2.99. The van der Waals surface area contributed by atoms with E-state index in [-0.39, 0.29) is 5.91 Å². The molecule has 5 aromatic rings. The number of aromatic nitrogens is 1. The number of anilines is 1. The van der Waals surface area contributed by atoms with Crippen LogP contribution in [0, 0.1) is 0 Å². The zero-order chi connectivity index (χ0) is 22.2. The maximum Gasteiger partial charge on any atom is 0.259 e. The highest BCUT2D eigenvalue weighted by atomic mass is 79.9. The molecule has 0 saturated carbocycles. The Morgan fingerprint density at radius 2 is 1.84 bits per heavy atom. The number of ether oxygens (including phenoxy) is 1. The molecule has 32 heavy (non-hydrogen) atoms. The van der Waals surface area contributed by atoms with Crippen molar-refractivity contribution in [3.05, 3.63) is 87.9 Å². The highest BCUT2D eigenvalue weighted by molar-refractivity contribution is 9.10. The molecular weight excluding hydrogens is 492 g/mol. The Labute approximate surface area is 197 Å². The number of carbonyl (C=O) groups is 1. The molecule has 0 unspecified atom stereocenters. The Balaban J connectivity index is 1.53. The maximum atomic E-state index is 13.2. The summed E-state index contributed by atoms with van der Waals surface area (Å²) < 4.78 is 12.1. The topological polar surface area (TPSA) is 64.4 Å². The molecule has 1 amide bonds. The van der Waals surface area contributed by atoms with Gasteiger partial charge < -0.3 is 14.5 Å². The van der Waals surface area contributed by atoms with Crippen LogP contribution in [0.1, 0.15) is 10.4 Å². The lowest BCUT2D eigenvalue weighted by Gasteiger charge is -2.14. The van der Waals surface area contributed by atoms with Gasteiger partial charge in [-0.25, -0.2) is 4.98 Å². The molecule has 1 aromatic heterocycles. The maximum absolute atomic E-state index is 13.2. The quantitative estimate of drug-likeness (QED) is 0.277. The van der Waals surface area contributed by atoms with E-state index in [1.165, 1.54) is 7.11 Å². The van der Waals surface area contributed by atoms with Gasteiger partial charge in [0.25, 0.3) is 5.91 Å². The smallest absolute Gasteiger partial charge is 0.259 e. The molecule has 0 aliphatic heterocycles. The van der Waals surface area contributed by atoms with Crippen LogP contribution in [-0.4, -0.2) is 18.0 Å². The second-order valence-electron chi connectivity index (χ2n) is 7.13. The monoisotopic (exact) mass is 506 g/mol. The minimum atomic E-state index is -0.343. The molecule has 0 fully saturated rings. The van der Waals surface area contributed by atoms with Gasteiger partial charge >= 0.3 is 0 Å². The number of nitrogens with one attached hydrogen (secondary N) is 1. The Kier molecular flexibility index (Phi) is 5.33. The standard InChI is InChI=1S/C25H16BrClN2O3/c1-31-23-17(12-14-6-2-3-7-16(14)22(23)26)24(30)28-20-13-15(10-11-18(20)27)25-29-19-8-4-5-9-21(19)32-25/h2-13H,1H3,(H,28,30). The first kappa shape index (κ1) is 20.5. The van der Waals surface area contributed by atoms with Gasteiger partial charge in [-0.3, -0.25) is 4.79 Å². The van der Waals surface area contributed by atoms with Crippen LogP contribution in [0.4, 0.5) is 5.69 Å². The summed E-state index contributed by atoms with van der Waals surface area (Å²) >= 11 is 9.96. The van der Waals surface area contributed by atoms with Crippen LogP contribution in [0.25, 0.3) is 33.3 Å². The largest absolute Gasteiger partial charge is 0.495 e. The van der Waals surface area contributed by atoms with E-state index in [0.717, 1.165) is 20.8 Å². The Morgan fingerprint density at radius 3 is 2.66 bits per heavy atom. The number of carbonyl (C=O) groups excluding carboxylic acids is 1. The fraction of sp³-hybridized carbons (Fsp3) is 0.0400. The van der Waals surface area contributed by atoms with Crippen molar-refractivity contribution < 1.29 is 13.9 Å². The van der Waals surface area contributed by atoms with Crippen molar-refractivity contribution in [2.75, 3.05) is 12.4 Å². The average Bonchev–Trinajstić information content (AvgIpc) is 3.25. The molecule has 0 radical (unpaired) electrons. The lowest BCUT2D eigenvalue weighted by molar-refractivity contribution is 0.102. The van der Waals surface area contributed by atoms with Gasteiger partial charge in [-0.2, -0.15) is 0 Å². The van der Waals surface area contributed by atoms with Gasteiger partial charge in [0.1, 0.15) is 11.3 Å². The van der Waals surface area contributed by atoms with E-state index in [1.807, 2.05) is 48.5 Å². The fourth-order valence-electron chi connectivity index (χ4n) is 3.59. The molecule has 0 spiro atoms. The van der Waals surface area contributed by atoms with E-state index >= 15 is 0 Å². The minimum Gasteiger partial charge on any atom is -0.495 e. The van der Waals surface area contributed by atoms with E-state index in [9.17, 15) is 4.79 Å². The van der Waals surface area contributed by atoms with E-state index < -0.39 is 0 Å². The summed E-state index contributed by atoms with van der Waals surface area (Å²) in [5.74, 6) is 0.557. The number of benzene rings is 4. The number of hydrogen-bond donors (Lipinski definition) is 1. The Morgan fingerprint density at radius 1 is 1.06 bits per heavy atom. The lowest BCUT2D eigenvalue weighted by atomic mass is 10.0. The van der Waals surface area contributed by atoms with Gasteiger partial charge in [-0.05, 0) is 63.1 Å². The molecule has 5 rings (SSSR count). The van der Waals surface area contributed by atoms with Crippen molar-refractivity contribution in [3.63, 3.8) is 0 Å². The van der Waals surface area contributed by atoms with Crippen LogP contribution in [0.2, 0.25) is 5.02 Å². The SMILES string of the molecule is COc1c(C(=O)Nc2cc(-c3nc4ccccc4o3)ccc2Cl)cc2ccccc2c1Br. The predicted octanol–water partition coefficient (Wildman–Crippen LogP) is 7.32. The van der Waals surface area contributed by atoms with Crippen molar-refractivity contribution >= 4 is 61.0 Å². The van der Waals surface area contributed by atoms with Gasteiger partial charge in [0.2, 0.25) is 5.89 Å². The molecule has 1 heterocycles. The first-order valence-corrected chi connectivity index (χ1v) is 10.9. The highest BCUT2D eigenvalue weighted by Gasteiger charge is 2.20. The molecule has 5 nitrogen and oxygen atoms in total. The van der Waals surface area contributed by atoms with Crippen LogP contribution in [0.15, 0.2) is 81.7 Å². The number of amides is 1. The summed E-state index contributed by atoms with van der Waals surface area (Å²) in [6.45, 7) is 0. The van der Waals surface area contributed by atoms with Crippen molar-refractivity contribution in [2.24, 2.45) is 0 Å². The first-order chi connectivity index (χ1) is 15.5. The van der Waals surface area contributed by atoms with Gasteiger partial charge in [0, 0.05) is 5.56 Å². The Hall–Kier alpha value is -3.35. The number of oxazole rings is 1. The lowest BCUT2D eigenvalue weighted by Crippen LogP contribution is -2.14. The second kappa shape index (κ2) is 8.30. The van der Waals surface area contributed by atoms with Gasteiger partial charge in [-0.1, -0.05) is 48.0 Å². The number of para-hydroxylation sites is 2. The summed E-state index contributed by atoms with van der Waals surface area (Å²) in [4.78, 5) is 17.7. The zero-order valence-electron chi connectivity index (χ0n) is 16.9. The molecule has 4 aromatic carbocycles. The van der Waals surface area contributed by atoms with E-state index in [2.05, 4.69) is 26.2 Å². The van der Waals surface area contributed by atoms with Crippen LogP contribution in [-0.2, 0) is 0 Å². The third kappa shape index (κ3) is 3.61. The van der Waals surface area contributed by atoms with Crippen LogP contribution >= 0.6 is 27.5 Å². The van der Waals surface area contributed by atoms with Gasteiger partial charge in [0.05, 0.1) is 27.9 Å². The molecule has 158 valence electrons. The molecule has 0 bridgehead atoms. The van der Waals surface area contributed by atoms with Crippen molar-refractivity contribution in [1.29, 1.82) is 0 Å². The number of methoxy groups -OCH3 is 1. The molecule has 0 aliphatic rings. The van der Waals surface area contributed by atoms with Crippen molar-refractivity contribution in [3.8, 4) is 17.2 Å². The molecule has 1 N–H and O–H groups in total. The second-order valence-corrected chi connectivity index (χ2v) is 8.33. The highest BCUT2D eigenvalue weighted by Crippen LogP contribution is 2.37. The number of fused-ring (bicyclic) bond motifs is 2. The summed E-state index contributed by atoms with van der Waals surface area (Å²) in [6.07, 6.45) is 0. The zero-order valence-corrected chi connectivity index (χ0v) is 19.2. The van der Waals surface area contributed by atoms with Gasteiger partial charge in [0.15, 0.2) is 5.58 Å². The summed E-state index contributed by atoms with van der Waals surface area (Å²) in [6, 6.07) is 22.3. The Bertz CT molecular complexity index is 1460. The molecule has 0 aliphatic carbocycles. The third-order valence-electron chi connectivity index (χ3n) is 5.15. The molecule has 0 saturated heterocycles. The fourth-order valence-corrected chi connectivity index (χ4v) is 4.49. The van der Waals surface area contributed by atoms with Crippen LogP contribution < -0.4 is 10.1 Å². The summed E-state index contributed by atoms with van der Waals surface area (Å²) in [5, 5.41) is 5.16. The molecule has 0 atom stereocenters. The molecule has 7 heteroatoms. The van der Waals surface area contributed by atoms with E-state index in [0.29, 0.717) is 39.1 Å². The number of hydrogen-bond acceptors (Lipinski definition) is 4. The number of rotatable bonds is 4. The minimum absolute atomic E-state index is 0.343. The number of halogens is 2. The predicted molar refractivity (Wildman–Crippen MR) is 131 cm³/mol. The van der Waals surface area contributed by atoms with Crippen LogP contribution in [0.5, 0.6) is 5.75 Å². The van der Waals surface area contributed by atoms with Crippen molar-refractivity contribution in [1.82, 2.24) is 4.98 Å². The average molecular weight is 508 g/mol. The first-order valence-electron chi connectivity index (χ1n) is 9.77. The van der Waals surface area contributed by atoms with E-state index in [4.69, 9.17) is 20.8 Å². The van der Waals surface area contributed by atoms with E-state index in [1.54, 1.807) is 24.3 Å².